The van der Waals surface area contributed by atoms with Crippen molar-refractivity contribution in [2.45, 2.75) is 12.3 Å². The van der Waals surface area contributed by atoms with Crippen LogP contribution in [0.2, 0.25) is 0 Å². The smallest absolute Gasteiger partial charge is 0.270 e. The molecule has 0 aromatic carbocycles. The topological polar surface area (TPSA) is 26.0 Å². The van der Waals surface area contributed by atoms with Gasteiger partial charge in [-0.05, 0) is 6.08 Å². The monoisotopic (exact) mass is 145 g/mol. The summed E-state index contributed by atoms with van der Waals surface area (Å²) < 4.78 is 24.9. The SMILES string of the molecule is NCC1=CC=CC(F)(F)C1. The molecule has 3 heteroatoms. The summed E-state index contributed by atoms with van der Waals surface area (Å²) in [5.41, 5.74) is 5.79. The molecule has 0 amide bonds. The molecule has 0 aliphatic heterocycles. The van der Waals surface area contributed by atoms with E-state index >= 15 is 0 Å². The molecule has 0 spiro atoms. The Bertz CT molecular complexity index is 182. The van der Waals surface area contributed by atoms with Crippen LogP contribution in [0.3, 0.4) is 0 Å². The molecule has 0 bridgehead atoms. The third kappa shape index (κ3) is 1.64. The second-order valence-electron chi connectivity index (χ2n) is 2.33. The maximum Gasteiger partial charge on any atom is 0.270 e. The molecule has 10 heavy (non-hydrogen) atoms. The van der Waals surface area contributed by atoms with Crippen LogP contribution in [0, 0.1) is 0 Å². The van der Waals surface area contributed by atoms with Gasteiger partial charge in [0.25, 0.3) is 5.92 Å². The first-order valence-corrected chi connectivity index (χ1v) is 3.09. The van der Waals surface area contributed by atoms with Crippen LogP contribution >= 0.6 is 0 Å². The van der Waals surface area contributed by atoms with Gasteiger partial charge in [-0.1, -0.05) is 17.7 Å². The molecule has 1 rings (SSSR count). The first-order chi connectivity index (χ1) is 4.64. The molecule has 1 nitrogen and oxygen atoms in total. The van der Waals surface area contributed by atoms with Gasteiger partial charge in [0.05, 0.1) is 0 Å². The van der Waals surface area contributed by atoms with E-state index in [-0.39, 0.29) is 13.0 Å². The molecule has 0 atom stereocenters. The highest BCUT2D eigenvalue weighted by molar-refractivity contribution is 5.23. The van der Waals surface area contributed by atoms with Gasteiger partial charge in [-0.15, -0.1) is 0 Å². The van der Waals surface area contributed by atoms with Gasteiger partial charge in [0.15, 0.2) is 0 Å². The first-order valence-electron chi connectivity index (χ1n) is 3.09. The fourth-order valence-corrected chi connectivity index (χ4v) is 0.886. The van der Waals surface area contributed by atoms with Crippen molar-refractivity contribution in [1.29, 1.82) is 0 Å². The summed E-state index contributed by atoms with van der Waals surface area (Å²) in [5.74, 6) is -2.68. The number of hydrogen-bond acceptors (Lipinski definition) is 1. The molecule has 0 saturated heterocycles. The van der Waals surface area contributed by atoms with Crippen molar-refractivity contribution in [3.05, 3.63) is 23.8 Å². The van der Waals surface area contributed by atoms with E-state index in [2.05, 4.69) is 0 Å². The predicted molar refractivity (Wildman–Crippen MR) is 35.8 cm³/mol. The summed E-state index contributed by atoms with van der Waals surface area (Å²) in [6.07, 6.45) is 3.66. The predicted octanol–water partition coefficient (Wildman–Crippen LogP) is 1.47. The van der Waals surface area contributed by atoms with E-state index in [0.717, 1.165) is 6.08 Å². The van der Waals surface area contributed by atoms with Gasteiger partial charge in [0.2, 0.25) is 0 Å². The van der Waals surface area contributed by atoms with Gasteiger partial charge in [-0.25, -0.2) is 8.78 Å². The number of nitrogens with two attached hydrogens (primary N) is 1. The quantitative estimate of drug-likeness (QED) is 0.594. The zero-order chi connectivity index (χ0) is 7.61. The molecule has 56 valence electrons. The minimum atomic E-state index is -2.68. The Balaban J connectivity index is 2.68. The highest BCUT2D eigenvalue weighted by Crippen LogP contribution is 2.27. The lowest BCUT2D eigenvalue weighted by molar-refractivity contribution is 0.0541. The lowest BCUT2D eigenvalue weighted by Gasteiger charge is -2.16. The lowest BCUT2D eigenvalue weighted by atomic mass is 10.0. The second kappa shape index (κ2) is 2.50. The van der Waals surface area contributed by atoms with Crippen LogP contribution in [0.15, 0.2) is 23.8 Å². The van der Waals surface area contributed by atoms with E-state index in [9.17, 15) is 8.78 Å². The number of rotatable bonds is 1. The minimum Gasteiger partial charge on any atom is -0.327 e. The van der Waals surface area contributed by atoms with Crippen LogP contribution in [-0.2, 0) is 0 Å². The summed E-state index contributed by atoms with van der Waals surface area (Å²) in [6.45, 7) is 0.222. The van der Waals surface area contributed by atoms with Crippen molar-refractivity contribution in [2.75, 3.05) is 6.54 Å². The first kappa shape index (κ1) is 7.41. The van der Waals surface area contributed by atoms with E-state index in [1.165, 1.54) is 6.08 Å². The van der Waals surface area contributed by atoms with Crippen LogP contribution in [0.4, 0.5) is 8.78 Å². The number of allylic oxidation sites excluding steroid dienone is 3. The molecule has 0 unspecified atom stereocenters. The third-order valence-corrected chi connectivity index (χ3v) is 1.40. The summed E-state index contributed by atoms with van der Waals surface area (Å²) in [5, 5.41) is 0. The van der Waals surface area contributed by atoms with Crippen LogP contribution in [0.25, 0.3) is 0 Å². The van der Waals surface area contributed by atoms with Crippen molar-refractivity contribution < 1.29 is 8.78 Å². The van der Waals surface area contributed by atoms with E-state index in [0.29, 0.717) is 5.57 Å². The van der Waals surface area contributed by atoms with Gasteiger partial charge in [-0.3, -0.25) is 0 Å². The highest BCUT2D eigenvalue weighted by atomic mass is 19.3. The Morgan fingerprint density at radius 2 is 2.30 bits per heavy atom. The molecular weight excluding hydrogens is 136 g/mol. The Hall–Kier alpha value is -0.700. The van der Waals surface area contributed by atoms with Crippen LogP contribution in [0.5, 0.6) is 0 Å². The normalized spacial score (nSPS) is 22.5. The van der Waals surface area contributed by atoms with Crippen LogP contribution in [-0.4, -0.2) is 12.5 Å². The fraction of sp³-hybridized carbons (Fsp3) is 0.429. The highest BCUT2D eigenvalue weighted by Gasteiger charge is 2.27. The van der Waals surface area contributed by atoms with Gasteiger partial charge in [0, 0.05) is 13.0 Å². The molecule has 1 aliphatic carbocycles. The molecule has 0 fully saturated rings. The van der Waals surface area contributed by atoms with E-state index < -0.39 is 5.92 Å². The Morgan fingerprint density at radius 3 is 2.70 bits per heavy atom. The Morgan fingerprint density at radius 1 is 1.60 bits per heavy atom. The number of alkyl halides is 2. The molecule has 0 radical (unpaired) electrons. The maximum atomic E-state index is 12.5. The lowest BCUT2D eigenvalue weighted by Crippen LogP contribution is -2.19. The Labute approximate surface area is 58.2 Å². The number of hydrogen-bond donors (Lipinski definition) is 1. The van der Waals surface area contributed by atoms with Crippen molar-refractivity contribution in [3.63, 3.8) is 0 Å². The van der Waals surface area contributed by atoms with Crippen molar-refractivity contribution in [2.24, 2.45) is 5.73 Å². The van der Waals surface area contributed by atoms with Gasteiger partial charge >= 0.3 is 0 Å². The molecule has 0 heterocycles. The molecule has 0 aromatic heterocycles. The average molecular weight is 145 g/mol. The van der Waals surface area contributed by atoms with Gasteiger partial charge in [0.1, 0.15) is 0 Å². The zero-order valence-corrected chi connectivity index (χ0v) is 5.48. The third-order valence-electron chi connectivity index (χ3n) is 1.40. The van der Waals surface area contributed by atoms with E-state index in [4.69, 9.17) is 5.73 Å². The molecular formula is C7H9F2N. The molecule has 2 N–H and O–H groups in total. The summed E-state index contributed by atoms with van der Waals surface area (Å²) >= 11 is 0. The standard InChI is InChI=1S/C7H9F2N/c8-7(9)3-1-2-6(4-7)5-10/h1-3H,4-5,10H2. The summed E-state index contributed by atoms with van der Waals surface area (Å²) in [7, 11) is 0. The van der Waals surface area contributed by atoms with E-state index in [1.807, 2.05) is 0 Å². The summed E-state index contributed by atoms with van der Waals surface area (Å²) in [6, 6.07) is 0. The van der Waals surface area contributed by atoms with Gasteiger partial charge in [-0.2, -0.15) is 0 Å². The second-order valence-corrected chi connectivity index (χ2v) is 2.33. The number of halogens is 2. The molecule has 0 saturated carbocycles. The maximum absolute atomic E-state index is 12.5. The minimum absolute atomic E-state index is 0.222. The Kier molecular flexibility index (Phi) is 1.85. The zero-order valence-electron chi connectivity index (χ0n) is 5.48. The van der Waals surface area contributed by atoms with Crippen molar-refractivity contribution >= 4 is 0 Å². The summed E-state index contributed by atoms with van der Waals surface area (Å²) in [4.78, 5) is 0. The fourth-order valence-electron chi connectivity index (χ4n) is 0.886. The van der Waals surface area contributed by atoms with Crippen LogP contribution in [0.1, 0.15) is 6.42 Å². The van der Waals surface area contributed by atoms with Crippen molar-refractivity contribution in [3.8, 4) is 0 Å². The average Bonchev–Trinajstić information content (AvgIpc) is 1.86. The molecule has 1 aliphatic rings. The largest absolute Gasteiger partial charge is 0.327 e. The van der Waals surface area contributed by atoms with Crippen LogP contribution < -0.4 is 5.73 Å². The molecule has 0 aromatic rings. The van der Waals surface area contributed by atoms with Gasteiger partial charge < -0.3 is 5.73 Å². The van der Waals surface area contributed by atoms with Crippen molar-refractivity contribution in [1.82, 2.24) is 0 Å². The van der Waals surface area contributed by atoms with E-state index in [1.54, 1.807) is 6.08 Å².